The standard InChI is InChI=1S/Al.Ca.ClH.Mg.NO3.8H2O/c;;;;2-1(3)4;;;;;;;;/h;;1H;;;8*1H2/q+3;+2;;+2;-1;;;;;;;;/p-2. The van der Waals surface area contributed by atoms with Crippen LogP contribution >= 0.6 is 0 Å². The Morgan fingerprint density at radius 1 is 0.750 bits per heavy atom. The van der Waals surface area contributed by atoms with E-state index in [1.54, 1.807) is 0 Å². The maximum Gasteiger partial charge on any atom is 3.00 e. The molecule has 0 aliphatic carbocycles. The zero-order chi connectivity index (χ0) is 3.58. The smallest absolute Gasteiger partial charge is 1.00 e. The van der Waals surface area contributed by atoms with Gasteiger partial charge in [0, 0.05) is 0 Å². The molecule has 0 aliphatic heterocycles. The van der Waals surface area contributed by atoms with Crippen molar-refractivity contribution >= 4 is 78.2 Å². The van der Waals surface area contributed by atoms with Crippen molar-refractivity contribution in [3.8, 4) is 0 Å². The topological polar surface area (TPSA) is 317 Å². The van der Waals surface area contributed by atoms with Crippen LogP contribution in [0, 0.1) is 15.3 Å². The van der Waals surface area contributed by atoms with Crippen molar-refractivity contribution in [2.75, 3.05) is 0 Å². The Labute approximate surface area is 153 Å². The van der Waals surface area contributed by atoms with Crippen LogP contribution in [0.1, 0.15) is 0 Å². The van der Waals surface area contributed by atoms with Gasteiger partial charge < -0.3 is 71.5 Å². The Balaban J connectivity index is -0.000000000682. The van der Waals surface area contributed by atoms with Gasteiger partial charge in [-0.25, -0.2) is 0 Å². The van der Waals surface area contributed by atoms with Crippen LogP contribution in [0.5, 0.6) is 0 Å². The van der Waals surface area contributed by atoms with Gasteiger partial charge in [0.15, 0.2) is 0 Å². The van der Waals surface area contributed by atoms with Gasteiger partial charge in [-0.05, 0) is 0 Å². The van der Waals surface area contributed by atoms with E-state index >= 15 is 0 Å². The molecule has 0 bridgehead atoms. The van der Waals surface area contributed by atoms with Crippen molar-refractivity contribution in [3.63, 3.8) is 0 Å². The third-order valence-electron chi connectivity index (χ3n) is 0. The summed E-state index contributed by atoms with van der Waals surface area (Å²) in [6, 6.07) is 0. The molecule has 0 fully saturated rings. The van der Waals surface area contributed by atoms with Crippen LogP contribution in [0.4, 0.5) is 0 Å². The van der Waals surface area contributed by atoms with Crippen molar-refractivity contribution in [2.24, 2.45) is 0 Å². The van der Waals surface area contributed by atoms with Gasteiger partial charge in [-0.3, -0.25) is 0 Å². The predicted octanol–water partition coefficient (Wildman–Crippen LogP) is -10.3. The van der Waals surface area contributed by atoms with Crippen LogP contribution in [0.2, 0.25) is 0 Å². The molecular weight excluding hydrogens is 317 g/mol. The van der Waals surface area contributed by atoms with Gasteiger partial charge in [-0.2, -0.15) is 0 Å². The number of hydrogen-bond acceptors (Lipinski definition) is 4. The first-order chi connectivity index (χ1) is 1.73. The van der Waals surface area contributed by atoms with Crippen molar-refractivity contribution in [1.29, 1.82) is 0 Å². The Morgan fingerprint density at radius 3 is 0.750 bits per heavy atom. The van der Waals surface area contributed by atoms with E-state index < -0.39 is 5.09 Å². The Hall–Kier alpha value is 1.73. The number of halogens is 1. The average molecular weight is 332 g/mol. The van der Waals surface area contributed by atoms with E-state index in [4.69, 9.17) is 15.3 Å². The second-order valence-electron chi connectivity index (χ2n) is 0.224. The minimum absolute atomic E-state index is 0. The molecule has 16 heteroatoms. The minimum atomic E-state index is -1.75. The SMILES string of the molecule is O.O.O.O.O.O.O.O=[N+]([O-])[O-].[Al+3].[Ca+2].[Cl-].[Mg+2].[OH-]. The van der Waals surface area contributed by atoms with Gasteiger partial charge >= 0.3 is 78.2 Å². The van der Waals surface area contributed by atoms with E-state index in [-0.39, 0.29) is 134 Å². The molecule has 12 nitrogen and oxygen atoms in total. The molecule has 0 heterocycles. The van der Waals surface area contributed by atoms with Gasteiger partial charge in [0.1, 0.15) is 0 Å². The zero-order valence-corrected chi connectivity index (χ0v) is 13.5. The van der Waals surface area contributed by atoms with Crippen molar-refractivity contribution < 1.29 is 61.3 Å². The van der Waals surface area contributed by atoms with Gasteiger partial charge in [-0.15, -0.1) is 0 Å². The molecule has 0 aliphatic rings. The minimum Gasteiger partial charge on any atom is -1.00 e. The second-order valence-corrected chi connectivity index (χ2v) is 0.224. The summed E-state index contributed by atoms with van der Waals surface area (Å²) in [5.41, 5.74) is 0. The first-order valence-electron chi connectivity index (χ1n) is 0.548. The summed E-state index contributed by atoms with van der Waals surface area (Å²) in [4.78, 5) is 8.25. The Morgan fingerprint density at radius 2 is 0.750 bits per heavy atom. The van der Waals surface area contributed by atoms with Crippen LogP contribution in [-0.2, 0) is 0 Å². The van der Waals surface area contributed by atoms with Crippen molar-refractivity contribution in [1.82, 2.24) is 0 Å². The summed E-state index contributed by atoms with van der Waals surface area (Å²) in [6.45, 7) is 0. The molecule has 0 amide bonds. The summed E-state index contributed by atoms with van der Waals surface area (Å²) in [6.07, 6.45) is 0. The number of nitrogens with zero attached hydrogens (tertiary/aromatic N) is 1. The largest absolute Gasteiger partial charge is 3.00 e. The van der Waals surface area contributed by atoms with Crippen molar-refractivity contribution in [2.45, 2.75) is 0 Å². The Kier molecular flexibility index (Phi) is 2570. The molecule has 0 aromatic carbocycles. The van der Waals surface area contributed by atoms with Crippen LogP contribution < -0.4 is 12.4 Å². The van der Waals surface area contributed by atoms with Gasteiger partial charge in [-0.1, -0.05) is 0 Å². The predicted molar refractivity (Wildman–Crippen MR) is 54.9 cm³/mol. The van der Waals surface area contributed by atoms with Gasteiger partial charge in [0.25, 0.3) is 0 Å². The van der Waals surface area contributed by atoms with E-state index in [2.05, 4.69) is 0 Å². The molecule has 96 valence electrons. The maximum atomic E-state index is 8.25. The van der Waals surface area contributed by atoms with Gasteiger partial charge in [0.05, 0.1) is 5.09 Å². The van der Waals surface area contributed by atoms with Crippen LogP contribution in [0.25, 0.3) is 0 Å². The number of rotatable bonds is 0. The van der Waals surface area contributed by atoms with Gasteiger partial charge in [0.2, 0.25) is 0 Å². The average Bonchev–Trinajstić information content (AvgIpc) is 0.811. The van der Waals surface area contributed by atoms with E-state index in [1.807, 2.05) is 0 Å². The van der Waals surface area contributed by atoms with E-state index in [0.717, 1.165) is 0 Å². The fourth-order valence-corrected chi connectivity index (χ4v) is 0. The summed E-state index contributed by atoms with van der Waals surface area (Å²) in [5, 5.41) is 14.8. The maximum absolute atomic E-state index is 8.25. The first-order valence-corrected chi connectivity index (χ1v) is 0.548. The van der Waals surface area contributed by atoms with E-state index in [9.17, 15) is 0 Å². The molecule has 0 saturated carbocycles. The first kappa shape index (κ1) is 222. The third-order valence-corrected chi connectivity index (χ3v) is 0. The molecule has 0 aromatic heterocycles. The monoisotopic (exact) mass is 331 g/mol. The molecule has 0 unspecified atom stereocenters. The molecule has 0 atom stereocenters. The summed E-state index contributed by atoms with van der Waals surface area (Å²) < 4.78 is 0. The molecular formula is H15AlCaClMgNO11+4. The third kappa shape index (κ3) is 1140. The molecule has 0 spiro atoms. The summed E-state index contributed by atoms with van der Waals surface area (Å²) in [5.74, 6) is 0. The number of hydrogen-bond donors (Lipinski definition) is 0. The fraction of sp³-hybridized carbons (Fsp3) is 0. The van der Waals surface area contributed by atoms with Crippen LogP contribution in [-0.4, -0.2) is 127 Å². The molecule has 15 N–H and O–H groups in total. The second kappa shape index (κ2) is 185. The summed E-state index contributed by atoms with van der Waals surface area (Å²) >= 11 is 0. The molecule has 0 saturated heterocycles. The van der Waals surface area contributed by atoms with Crippen LogP contribution in [0.3, 0.4) is 0 Å². The molecule has 16 heavy (non-hydrogen) atoms. The van der Waals surface area contributed by atoms with E-state index in [1.165, 1.54) is 0 Å². The van der Waals surface area contributed by atoms with Crippen molar-refractivity contribution in [3.05, 3.63) is 15.3 Å². The summed E-state index contributed by atoms with van der Waals surface area (Å²) in [7, 11) is 0. The Bertz CT molecular complexity index is 49.0. The van der Waals surface area contributed by atoms with E-state index in [0.29, 0.717) is 0 Å². The quantitative estimate of drug-likeness (QED) is 0.236. The fourth-order valence-electron chi connectivity index (χ4n) is 0. The zero-order valence-electron chi connectivity index (χ0n) is 7.99. The van der Waals surface area contributed by atoms with Crippen LogP contribution in [0.15, 0.2) is 0 Å². The molecule has 0 rings (SSSR count). The molecule has 0 aromatic rings. The molecule has 0 radical (unpaired) electrons. The normalized spacial score (nSPS) is 1.50.